The fraction of sp³-hybridized carbons (Fsp3) is 0.242. The molecule has 6 rings (SSSR count). The Morgan fingerprint density at radius 1 is 0.950 bits per heavy atom. The monoisotopic (exact) mass is 548 g/mol. The zero-order valence-electron chi connectivity index (χ0n) is 22.6. The predicted octanol–water partition coefficient (Wildman–Crippen LogP) is 6.86. The Morgan fingerprint density at radius 3 is 2.35 bits per heavy atom. The topological polar surface area (TPSA) is 59.7 Å². The molecule has 202 valence electrons. The smallest absolute Gasteiger partial charge is 0.286 e. The summed E-state index contributed by atoms with van der Waals surface area (Å²) >= 11 is 1.47. The van der Waals surface area contributed by atoms with Gasteiger partial charge in [0.15, 0.2) is 5.17 Å². The van der Waals surface area contributed by atoms with E-state index in [-0.39, 0.29) is 5.91 Å². The van der Waals surface area contributed by atoms with E-state index in [4.69, 9.17) is 9.84 Å². The van der Waals surface area contributed by atoms with Crippen molar-refractivity contribution in [2.45, 2.75) is 26.2 Å². The largest absolute Gasteiger partial charge is 0.494 e. The van der Waals surface area contributed by atoms with E-state index in [0.29, 0.717) is 17.4 Å². The average molecular weight is 549 g/mol. The molecule has 3 heterocycles. The van der Waals surface area contributed by atoms with Gasteiger partial charge in [-0.15, -0.1) is 0 Å². The number of carbonyl (C=O) groups excluding carboxylic acids is 1. The van der Waals surface area contributed by atoms with Crippen LogP contribution in [0.15, 0.2) is 101 Å². The molecule has 0 N–H and O–H groups in total. The number of nitrogens with zero attached hydrogens (tertiary/aromatic N) is 4. The number of hydrogen-bond acceptors (Lipinski definition) is 5. The summed E-state index contributed by atoms with van der Waals surface area (Å²) < 4.78 is 7.49. The summed E-state index contributed by atoms with van der Waals surface area (Å²) in [5, 5.41) is 5.72. The third-order valence-corrected chi connectivity index (χ3v) is 8.39. The first kappa shape index (κ1) is 26.1. The van der Waals surface area contributed by atoms with Crippen LogP contribution in [0.4, 0.5) is 0 Å². The molecule has 3 aromatic carbocycles. The standard InChI is InChI=1S/C33H32N4O2S/c1-2-39-29-15-13-26(14-16-29)31-27(23-37(35-31)28-11-7-4-8-12-28)22-30-32(38)34-33(40-30)36-19-17-25(18-20-36)21-24-9-5-3-6-10-24/h3-16,22-23,25H,2,17-21H2,1H3/b30-22-. The Balaban J connectivity index is 1.20. The molecule has 0 atom stereocenters. The number of para-hydroxylation sites is 1. The molecular weight excluding hydrogens is 516 g/mol. The van der Waals surface area contributed by atoms with Crippen molar-refractivity contribution in [3.8, 4) is 22.7 Å². The van der Waals surface area contributed by atoms with Crippen molar-refractivity contribution in [3.63, 3.8) is 0 Å². The number of benzene rings is 3. The van der Waals surface area contributed by atoms with E-state index in [1.54, 1.807) is 0 Å². The van der Waals surface area contributed by atoms with Crippen LogP contribution in [0.1, 0.15) is 30.9 Å². The van der Waals surface area contributed by atoms with E-state index in [9.17, 15) is 4.79 Å². The second-order valence-electron chi connectivity index (χ2n) is 10.1. The maximum absolute atomic E-state index is 13.0. The highest BCUT2D eigenvalue weighted by Gasteiger charge is 2.29. The summed E-state index contributed by atoms with van der Waals surface area (Å²) in [4.78, 5) is 20.4. The van der Waals surface area contributed by atoms with Gasteiger partial charge < -0.3 is 9.64 Å². The molecule has 0 saturated carbocycles. The summed E-state index contributed by atoms with van der Waals surface area (Å²) in [5.74, 6) is 1.30. The number of aromatic nitrogens is 2. The van der Waals surface area contributed by atoms with Crippen LogP contribution in [0.25, 0.3) is 23.0 Å². The van der Waals surface area contributed by atoms with Crippen LogP contribution >= 0.6 is 11.8 Å². The molecular formula is C33H32N4O2S. The number of hydrogen-bond donors (Lipinski definition) is 0. The number of likely N-dealkylation sites (tertiary alicyclic amines) is 1. The minimum absolute atomic E-state index is 0.184. The first-order chi connectivity index (χ1) is 19.7. The highest BCUT2D eigenvalue weighted by Crippen LogP contribution is 2.35. The molecule has 6 nitrogen and oxygen atoms in total. The first-order valence-electron chi connectivity index (χ1n) is 13.9. The van der Waals surface area contributed by atoms with Gasteiger partial charge in [0.25, 0.3) is 5.91 Å². The van der Waals surface area contributed by atoms with Gasteiger partial charge in [-0.2, -0.15) is 10.1 Å². The van der Waals surface area contributed by atoms with Crippen molar-refractivity contribution in [1.29, 1.82) is 0 Å². The van der Waals surface area contributed by atoms with Crippen LogP contribution in [0.2, 0.25) is 0 Å². The molecule has 2 aliphatic heterocycles. The molecule has 1 amide bonds. The van der Waals surface area contributed by atoms with Crippen molar-refractivity contribution < 1.29 is 9.53 Å². The Morgan fingerprint density at radius 2 is 1.65 bits per heavy atom. The number of amides is 1. The van der Waals surface area contributed by atoms with E-state index in [1.807, 2.05) is 78.5 Å². The summed E-state index contributed by atoms with van der Waals surface area (Å²) in [5.41, 5.74) is 5.00. The maximum Gasteiger partial charge on any atom is 0.286 e. The van der Waals surface area contributed by atoms with Crippen molar-refractivity contribution in [3.05, 3.63) is 107 Å². The molecule has 0 bridgehead atoms. The van der Waals surface area contributed by atoms with E-state index >= 15 is 0 Å². The zero-order chi connectivity index (χ0) is 27.3. The predicted molar refractivity (Wildman–Crippen MR) is 163 cm³/mol. The third kappa shape index (κ3) is 5.89. The van der Waals surface area contributed by atoms with Crippen LogP contribution in [0, 0.1) is 5.92 Å². The van der Waals surface area contributed by atoms with Gasteiger partial charge in [0, 0.05) is 30.4 Å². The van der Waals surface area contributed by atoms with Crippen LogP contribution in [0.3, 0.4) is 0 Å². The van der Waals surface area contributed by atoms with Gasteiger partial charge in [-0.3, -0.25) is 4.79 Å². The van der Waals surface area contributed by atoms with E-state index < -0.39 is 0 Å². The minimum Gasteiger partial charge on any atom is -0.494 e. The molecule has 4 aromatic rings. The average Bonchev–Trinajstić information content (AvgIpc) is 3.59. The lowest BCUT2D eigenvalue weighted by atomic mass is 9.90. The van der Waals surface area contributed by atoms with Gasteiger partial charge in [0.2, 0.25) is 0 Å². The Hall–Kier alpha value is -4.10. The van der Waals surface area contributed by atoms with Gasteiger partial charge in [-0.1, -0.05) is 48.5 Å². The van der Waals surface area contributed by atoms with Crippen molar-refractivity contribution >= 4 is 28.9 Å². The van der Waals surface area contributed by atoms with Gasteiger partial charge in [0.1, 0.15) is 5.75 Å². The van der Waals surface area contributed by atoms with Crippen LogP contribution < -0.4 is 4.74 Å². The van der Waals surface area contributed by atoms with E-state index in [2.05, 4.69) is 40.2 Å². The summed E-state index contributed by atoms with van der Waals surface area (Å²) in [6.07, 6.45) is 7.23. The van der Waals surface area contributed by atoms with Gasteiger partial charge in [0.05, 0.1) is 22.9 Å². The molecule has 40 heavy (non-hydrogen) atoms. The van der Waals surface area contributed by atoms with Crippen molar-refractivity contribution in [2.75, 3.05) is 19.7 Å². The van der Waals surface area contributed by atoms with Crippen LogP contribution in [-0.4, -0.2) is 45.5 Å². The SMILES string of the molecule is CCOc1ccc(-c2nn(-c3ccccc3)cc2/C=C2\SC(N3CCC(Cc4ccccc4)CC3)=NC2=O)cc1. The molecule has 1 aromatic heterocycles. The zero-order valence-corrected chi connectivity index (χ0v) is 23.4. The normalized spacial score (nSPS) is 16.9. The molecule has 2 aliphatic rings. The lowest BCUT2D eigenvalue weighted by Gasteiger charge is -2.32. The molecule has 0 spiro atoms. The Bertz CT molecular complexity index is 1520. The summed E-state index contributed by atoms with van der Waals surface area (Å²) in [7, 11) is 0. The molecule has 1 fully saturated rings. The Kier molecular flexibility index (Phi) is 7.82. The molecule has 1 saturated heterocycles. The second-order valence-corrected chi connectivity index (χ2v) is 11.1. The summed E-state index contributed by atoms with van der Waals surface area (Å²) in [6.45, 7) is 4.44. The molecule has 0 unspecified atom stereocenters. The molecule has 0 aliphatic carbocycles. The fourth-order valence-corrected chi connectivity index (χ4v) is 6.21. The van der Waals surface area contributed by atoms with Gasteiger partial charge in [-0.25, -0.2) is 4.68 Å². The first-order valence-corrected chi connectivity index (χ1v) is 14.7. The van der Waals surface area contributed by atoms with E-state index in [1.165, 1.54) is 17.3 Å². The lowest BCUT2D eigenvalue weighted by Crippen LogP contribution is -2.37. The van der Waals surface area contributed by atoms with Crippen LogP contribution in [0.5, 0.6) is 5.75 Å². The second kappa shape index (κ2) is 12.0. The highest BCUT2D eigenvalue weighted by molar-refractivity contribution is 8.18. The number of piperidine rings is 1. The fourth-order valence-electron chi connectivity index (χ4n) is 5.26. The molecule has 0 radical (unpaired) electrons. The van der Waals surface area contributed by atoms with E-state index in [0.717, 1.165) is 65.8 Å². The summed E-state index contributed by atoms with van der Waals surface area (Å²) in [6, 6.07) is 28.6. The van der Waals surface area contributed by atoms with Gasteiger partial charge in [-0.05, 0) is 91.9 Å². The number of aliphatic imine (C=N–C) groups is 1. The number of rotatable bonds is 7. The maximum atomic E-state index is 13.0. The third-order valence-electron chi connectivity index (χ3n) is 7.35. The van der Waals surface area contributed by atoms with Gasteiger partial charge >= 0.3 is 0 Å². The lowest BCUT2D eigenvalue weighted by molar-refractivity contribution is -0.113. The number of ether oxygens (including phenoxy) is 1. The van der Waals surface area contributed by atoms with Crippen molar-refractivity contribution in [2.24, 2.45) is 10.9 Å². The Labute approximate surface area is 239 Å². The minimum atomic E-state index is -0.184. The number of thioether (sulfide) groups is 1. The van der Waals surface area contributed by atoms with Crippen LogP contribution in [-0.2, 0) is 11.2 Å². The number of carbonyl (C=O) groups is 1. The highest BCUT2D eigenvalue weighted by atomic mass is 32.2. The van der Waals surface area contributed by atoms with Crippen molar-refractivity contribution in [1.82, 2.24) is 14.7 Å². The number of amidine groups is 1. The quantitative estimate of drug-likeness (QED) is 0.236. The molecule has 7 heteroatoms.